The van der Waals surface area contributed by atoms with Crippen molar-refractivity contribution in [2.45, 2.75) is 45.4 Å². The van der Waals surface area contributed by atoms with Crippen LogP contribution in [0.4, 0.5) is 10.1 Å². The Balaban J connectivity index is 1.61. The van der Waals surface area contributed by atoms with Crippen molar-refractivity contribution in [1.82, 2.24) is 9.80 Å². The second-order valence-electron chi connectivity index (χ2n) is 10.1. The van der Waals surface area contributed by atoms with Crippen LogP contribution in [-0.2, 0) is 16.1 Å². The van der Waals surface area contributed by atoms with Crippen LogP contribution < -0.4 is 10.1 Å². The molecule has 0 radical (unpaired) electrons. The van der Waals surface area contributed by atoms with Crippen LogP contribution in [0.3, 0.4) is 0 Å². The minimum absolute atomic E-state index is 0.0110. The van der Waals surface area contributed by atoms with E-state index in [4.69, 9.17) is 9.47 Å². The number of nitrogens with one attached hydrogen (secondary N) is 1. The van der Waals surface area contributed by atoms with Crippen molar-refractivity contribution >= 4 is 17.5 Å². The molecule has 2 aromatic carbocycles. The Bertz CT molecular complexity index is 1070. The summed E-state index contributed by atoms with van der Waals surface area (Å²) in [5, 5.41) is 2.92. The molecule has 2 aliphatic rings. The molecule has 1 fully saturated rings. The van der Waals surface area contributed by atoms with Crippen LogP contribution in [0.1, 0.15) is 42.6 Å². The highest BCUT2D eigenvalue weighted by Gasteiger charge is 2.31. The van der Waals surface area contributed by atoms with Gasteiger partial charge in [-0.15, -0.1) is 0 Å². The summed E-state index contributed by atoms with van der Waals surface area (Å²) in [5.41, 5.74) is 2.01. The average molecular weight is 498 g/mol. The first-order chi connectivity index (χ1) is 17.2. The zero-order valence-electron chi connectivity index (χ0n) is 21.5. The quantitative estimate of drug-likeness (QED) is 0.671. The molecule has 0 bridgehead atoms. The summed E-state index contributed by atoms with van der Waals surface area (Å²) < 4.78 is 25.5. The van der Waals surface area contributed by atoms with Gasteiger partial charge in [0.1, 0.15) is 18.2 Å². The molecule has 0 saturated heterocycles. The van der Waals surface area contributed by atoms with E-state index < -0.39 is 0 Å². The molecule has 8 heteroatoms. The molecule has 1 aliphatic heterocycles. The molecule has 2 aromatic rings. The van der Waals surface area contributed by atoms with Gasteiger partial charge in [0.2, 0.25) is 5.91 Å². The van der Waals surface area contributed by atoms with Gasteiger partial charge >= 0.3 is 0 Å². The third-order valence-corrected chi connectivity index (χ3v) is 7.09. The molecule has 1 aliphatic carbocycles. The van der Waals surface area contributed by atoms with E-state index in [1.54, 1.807) is 49.4 Å². The molecule has 2 amide bonds. The van der Waals surface area contributed by atoms with Crippen LogP contribution >= 0.6 is 0 Å². The summed E-state index contributed by atoms with van der Waals surface area (Å²) in [6, 6.07) is 11.8. The van der Waals surface area contributed by atoms with Gasteiger partial charge in [-0.3, -0.25) is 14.5 Å². The molecular weight excluding hydrogens is 461 g/mol. The summed E-state index contributed by atoms with van der Waals surface area (Å²) in [4.78, 5) is 29.7. The maximum atomic E-state index is 13.5. The Morgan fingerprint density at radius 2 is 1.86 bits per heavy atom. The maximum Gasteiger partial charge on any atom is 0.257 e. The van der Waals surface area contributed by atoms with E-state index in [1.165, 1.54) is 12.1 Å². The van der Waals surface area contributed by atoms with E-state index >= 15 is 0 Å². The van der Waals surface area contributed by atoms with E-state index in [2.05, 4.69) is 24.1 Å². The van der Waals surface area contributed by atoms with Crippen LogP contribution in [0.25, 0.3) is 0 Å². The number of ether oxygens (including phenoxy) is 2. The van der Waals surface area contributed by atoms with E-state index in [-0.39, 0.29) is 41.6 Å². The number of likely N-dealkylation sites (N-methyl/N-ethyl adjacent to an activating group) is 1. The van der Waals surface area contributed by atoms with Gasteiger partial charge < -0.3 is 19.7 Å². The van der Waals surface area contributed by atoms with Crippen molar-refractivity contribution in [1.29, 1.82) is 0 Å². The number of amides is 2. The lowest BCUT2D eigenvalue weighted by Crippen LogP contribution is -2.46. The third-order valence-electron chi connectivity index (χ3n) is 7.09. The number of carbonyl (C=O) groups excluding carboxylic acids is 2. The molecule has 7 nitrogen and oxygen atoms in total. The second kappa shape index (κ2) is 11.4. The fourth-order valence-electron chi connectivity index (χ4n) is 4.56. The van der Waals surface area contributed by atoms with Crippen molar-refractivity contribution in [3.63, 3.8) is 0 Å². The van der Waals surface area contributed by atoms with E-state index in [0.29, 0.717) is 36.7 Å². The summed E-state index contributed by atoms with van der Waals surface area (Å²) in [6.07, 6.45) is 1.64. The van der Waals surface area contributed by atoms with E-state index in [1.807, 2.05) is 0 Å². The van der Waals surface area contributed by atoms with Crippen molar-refractivity contribution in [3.05, 3.63) is 59.4 Å². The number of rotatable bonds is 5. The van der Waals surface area contributed by atoms with E-state index in [9.17, 15) is 14.0 Å². The topological polar surface area (TPSA) is 71.1 Å². The largest absolute Gasteiger partial charge is 0.491 e. The first-order valence-electron chi connectivity index (χ1n) is 12.6. The summed E-state index contributed by atoms with van der Waals surface area (Å²) in [6.45, 7) is 6.34. The van der Waals surface area contributed by atoms with Gasteiger partial charge in [-0.1, -0.05) is 19.1 Å². The molecule has 0 unspecified atom stereocenters. The Morgan fingerprint density at radius 1 is 1.14 bits per heavy atom. The number of fused-ring (bicyclic) bond motifs is 1. The van der Waals surface area contributed by atoms with Gasteiger partial charge in [0.05, 0.1) is 11.7 Å². The highest BCUT2D eigenvalue weighted by molar-refractivity contribution is 6.00. The van der Waals surface area contributed by atoms with Gasteiger partial charge in [-0.05, 0) is 61.6 Å². The summed E-state index contributed by atoms with van der Waals surface area (Å²) >= 11 is 0. The minimum Gasteiger partial charge on any atom is -0.491 e. The molecule has 0 spiro atoms. The number of benzene rings is 2. The molecule has 1 heterocycles. The van der Waals surface area contributed by atoms with Gasteiger partial charge in [-0.25, -0.2) is 4.39 Å². The highest BCUT2D eigenvalue weighted by Crippen LogP contribution is 2.31. The summed E-state index contributed by atoms with van der Waals surface area (Å²) in [7, 11) is 3.42. The van der Waals surface area contributed by atoms with Gasteiger partial charge in [-0.2, -0.15) is 0 Å². The fourth-order valence-corrected chi connectivity index (χ4v) is 4.56. The minimum atomic E-state index is -0.256. The number of hydrogen-bond acceptors (Lipinski definition) is 5. The Morgan fingerprint density at radius 3 is 2.53 bits per heavy atom. The van der Waals surface area contributed by atoms with Crippen molar-refractivity contribution in [3.8, 4) is 5.75 Å². The zero-order chi connectivity index (χ0) is 25.8. The maximum absolute atomic E-state index is 13.5. The SMILES string of the molecule is CO[C@H]1CN(C)C(=O)c2cc(NC(=O)C3CC3)ccc2OC[C@@H](C)N(Cc2ccc(F)cc2)C[C@@H]1C. The fraction of sp³-hybridized carbons (Fsp3) is 0.500. The highest BCUT2D eigenvalue weighted by atomic mass is 19.1. The number of halogens is 1. The first kappa shape index (κ1) is 26.1. The molecule has 0 aromatic heterocycles. The third kappa shape index (κ3) is 6.42. The van der Waals surface area contributed by atoms with Gasteiger partial charge in [0.25, 0.3) is 5.91 Å². The van der Waals surface area contributed by atoms with Crippen molar-refractivity contribution in [2.24, 2.45) is 11.8 Å². The number of carbonyl (C=O) groups is 2. The molecule has 3 atom stereocenters. The monoisotopic (exact) mass is 497 g/mol. The normalized spacial score (nSPS) is 23.8. The predicted molar refractivity (Wildman–Crippen MR) is 136 cm³/mol. The number of nitrogens with zero attached hydrogens (tertiary/aromatic N) is 2. The Kier molecular flexibility index (Phi) is 8.26. The van der Waals surface area contributed by atoms with Gasteiger partial charge in [0.15, 0.2) is 0 Å². The molecule has 194 valence electrons. The smallest absolute Gasteiger partial charge is 0.257 e. The van der Waals surface area contributed by atoms with E-state index in [0.717, 1.165) is 24.9 Å². The average Bonchev–Trinajstić information content (AvgIpc) is 3.71. The van der Waals surface area contributed by atoms with Crippen LogP contribution in [-0.4, -0.2) is 67.6 Å². The standard InChI is InChI=1S/C28H36FN3O4/c1-18-14-32(15-20-5-9-22(29)10-6-20)19(2)17-36-25-12-11-23(30-27(33)21-7-8-21)13-24(25)28(34)31(3)16-26(18)35-4/h5-6,9-13,18-19,21,26H,7-8,14-17H2,1-4H3,(H,30,33)/t18-,19+,26-/m0/s1. The molecule has 1 N–H and O–H groups in total. The number of anilines is 1. The van der Waals surface area contributed by atoms with Crippen LogP contribution in [0.2, 0.25) is 0 Å². The van der Waals surface area contributed by atoms with Crippen LogP contribution in [0.15, 0.2) is 42.5 Å². The van der Waals surface area contributed by atoms with Crippen LogP contribution in [0, 0.1) is 17.7 Å². The first-order valence-corrected chi connectivity index (χ1v) is 12.6. The number of methoxy groups -OCH3 is 1. The molecular formula is C28H36FN3O4. The Hall–Kier alpha value is -2.97. The second-order valence-corrected chi connectivity index (χ2v) is 10.1. The lowest BCUT2D eigenvalue weighted by Gasteiger charge is -2.36. The molecule has 36 heavy (non-hydrogen) atoms. The lowest BCUT2D eigenvalue weighted by atomic mass is 10.0. The van der Waals surface area contributed by atoms with Crippen molar-refractivity contribution < 1.29 is 23.5 Å². The van der Waals surface area contributed by atoms with Crippen LogP contribution in [0.5, 0.6) is 5.75 Å². The summed E-state index contributed by atoms with van der Waals surface area (Å²) in [5.74, 6) is 0.219. The Labute approximate surface area is 212 Å². The molecule has 1 saturated carbocycles. The lowest BCUT2D eigenvalue weighted by molar-refractivity contribution is -0.117. The van der Waals surface area contributed by atoms with Crippen molar-refractivity contribution in [2.75, 3.05) is 39.2 Å². The zero-order valence-corrected chi connectivity index (χ0v) is 21.5. The predicted octanol–water partition coefficient (Wildman–Crippen LogP) is 4.18. The molecule has 4 rings (SSSR count). The number of hydrogen-bond donors (Lipinski definition) is 1. The van der Waals surface area contributed by atoms with Gasteiger partial charge in [0, 0.05) is 51.4 Å².